The summed E-state index contributed by atoms with van der Waals surface area (Å²) in [6.07, 6.45) is 0. The molecule has 0 spiro atoms. The number of ether oxygens (including phenoxy) is 2. The topological polar surface area (TPSA) is 18.5 Å². The van der Waals surface area contributed by atoms with Gasteiger partial charge in [0, 0.05) is 27.4 Å². The molecule has 0 saturated heterocycles. The average molecular weight is 120 g/mol. The first-order valence-corrected chi connectivity index (χ1v) is 2.81. The van der Waals surface area contributed by atoms with Gasteiger partial charge in [0.2, 0.25) is 0 Å². The maximum Gasteiger partial charge on any atom is 0.0433 e. The molecular weight excluding hydrogens is 104 g/mol. The lowest BCUT2D eigenvalue weighted by Crippen LogP contribution is -1.73. The molecule has 0 amide bonds. The highest BCUT2D eigenvalue weighted by molar-refractivity contribution is 3.95. The Hall–Kier alpha value is -0.0800. The minimum Gasteiger partial charge on any atom is -0.385 e. The van der Waals surface area contributed by atoms with Crippen LogP contribution < -0.4 is 0 Å². The molecule has 0 N–H and O–H groups in total. The molecule has 0 atom stereocenters. The van der Waals surface area contributed by atoms with Crippen molar-refractivity contribution in [3.05, 3.63) is 0 Å². The minimum atomic E-state index is 0.819. The summed E-state index contributed by atoms with van der Waals surface area (Å²) in [6.45, 7) is 5.56. The van der Waals surface area contributed by atoms with Crippen LogP contribution in [0.2, 0.25) is 0 Å². The lowest BCUT2D eigenvalue weighted by molar-refractivity contribution is 0.215. The second kappa shape index (κ2) is 15.8. The van der Waals surface area contributed by atoms with Crippen LogP contribution in [-0.4, -0.2) is 27.4 Å². The Morgan fingerprint density at radius 1 is 0.875 bits per heavy atom. The summed E-state index contributed by atoms with van der Waals surface area (Å²) in [5, 5.41) is 0. The van der Waals surface area contributed by atoms with E-state index in [-0.39, 0.29) is 0 Å². The molecule has 0 heterocycles. The van der Waals surface area contributed by atoms with E-state index < -0.39 is 0 Å². The van der Waals surface area contributed by atoms with Crippen molar-refractivity contribution in [3.8, 4) is 0 Å². The number of hydrogen-bond acceptors (Lipinski definition) is 2. The lowest BCUT2D eigenvalue weighted by Gasteiger charge is -1.76. The van der Waals surface area contributed by atoms with E-state index >= 15 is 0 Å². The van der Waals surface area contributed by atoms with Crippen molar-refractivity contribution in [2.45, 2.75) is 13.8 Å². The van der Waals surface area contributed by atoms with Crippen molar-refractivity contribution in [2.24, 2.45) is 0 Å². The van der Waals surface area contributed by atoms with Crippen LogP contribution in [0.15, 0.2) is 0 Å². The van der Waals surface area contributed by atoms with Crippen molar-refractivity contribution in [3.63, 3.8) is 0 Å². The normalized spacial score (nSPS) is 7.50. The van der Waals surface area contributed by atoms with E-state index in [2.05, 4.69) is 9.47 Å². The van der Waals surface area contributed by atoms with Crippen LogP contribution in [0.5, 0.6) is 0 Å². The summed E-state index contributed by atoms with van der Waals surface area (Å²) >= 11 is 0. The summed E-state index contributed by atoms with van der Waals surface area (Å²) < 4.78 is 9.08. The molecule has 0 saturated carbocycles. The fourth-order valence-electron chi connectivity index (χ4n) is 0. The van der Waals surface area contributed by atoms with Crippen LogP contribution in [-0.2, 0) is 9.47 Å². The van der Waals surface area contributed by atoms with E-state index in [0.29, 0.717) is 0 Å². The van der Waals surface area contributed by atoms with Crippen molar-refractivity contribution in [2.75, 3.05) is 27.4 Å². The molecule has 0 aliphatic carbocycles. The molecule has 0 aromatic heterocycles. The van der Waals surface area contributed by atoms with E-state index in [1.54, 1.807) is 14.2 Å². The minimum absolute atomic E-state index is 0.819. The van der Waals surface area contributed by atoms with Gasteiger partial charge in [0.05, 0.1) is 0 Å². The van der Waals surface area contributed by atoms with Gasteiger partial charge in [-0.25, -0.2) is 0 Å². The summed E-state index contributed by atoms with van der Waals surface area (Å²) in [5.74, 6) is 0. The molecular formula is C6H16O2. The van der Waals surface area contributed by atoms with Gasteiger partial charge in [-0.05, 0) is 13.8 Å². The van der Waals surface area contributed by atoms with Gasteiger partial charge in [-0.1, -0.05) is 0 Å². The molecule has 2 nitrogen and oxygen atoms in total. The van der Waals surface area contributed by atoms with Gasteiger partial charge < -0.3 is 9.47 Å². The predicted molar refractivity (Wildman–Crippen MR) is 35.1 cm³/mol. The van der Waals surface area contributed by atoms with Crippen LogP contribution in [0, 0.1) is 0 Å². The Bertz CT molecular complexity index is 14.5. The van der Waals surface area contributed by atoms with E-state index in [1.165, 1.54) is 0 Å². The van der Waals surface area contributed by atoms with Gasteiger partial charge >= 0.3 is 0 Å². The zero-order valence-corrected chi connectivity index (χ0v) is 6.23. The molecule has 0 radical (unpaired) electrons. The Morgan fingerprint density at radius 3 is 1.00 bits per heavy atom. The van der Waals surface area contributed by atoms with E-state index in [9.17, 15) is 0 Å². The molecule has 0 fully saturated rings. The molecule has 0 bridgehead atoms. The second-order valence-electron chi connectivity index (χ2n) is 1.15. The van der Waals surface area contributed by atoms with E-state index in [1.807, 2.05) is 13.8 Å². The Labute approximate surface area is 51.8 Å². The van der Waals surface area contributed by atoms with Crippen molar-refractivity contribution in [1.82, 2.24) is 0 Å². The predicted octanol–water partition coefficient (Wildman–Crippen LogP) is 1.31. The highest BCUT2D eigenvalue weighted by Crippen LogP contribution is 1.52. The first-order valence-electron chi connectivity index (χ1n) is 2.81. The van der Waals surface area contributed by atoms with Gasteiger partial charge in [0.1, 0.15) is 0 Å². The van der Waals surface area contributed by atoms with Crippen molar-refractivity contribution in [1.29, 1.82) is 0 Å². The zero-order chi connectivity index (χ0) is 6.83. The summed E-state index contributed by atoms with van der Waals surface area (Å²) in [4.78, 5) is 0. The standard InChI is InChI=1S/2C3H8O/c2*1-3-4-2/h2*3H2,1-2H3. The largest absolute Gasteiger partial charge is 0.385 e. The zero-order valence-electron chi connectivity index (χ0n) is 6.23. The molecule has 0 unspecified atom stereocenters. The lowest BCUT2D eigenvalue weighted by atomic mass is 10.9. The average Bonchev–Trinajstić information content (AvgIpc) is 1.88. The quantitative estimate of drug-likeness (QED) is 0.547. The maximum atomic E-state index is 4.54. The van der Waals surface area contributed by atoms with Crippen LogP contribution in [0.3, 0.4) is 0 Å². The molecule has 0 rings (SSSR count). The summed E-state index contributed by atoms with van der Waals surface area (Å²) in [5.41, 5.74) is 0. The van der Waals surface area contributed by atoms with Gasteiger partial charge in [0.25, 0.3) is 0 Å². The highest BCUT2D eigenvalue weighted by atomic mass is 16.5. The van der Waals surface area contributed by atoms with Crippen LogP contribution >= 0.6 is 0 Å². The fourth-order valence-corrected chi connectivity index (χ4v) is 0. The SMILES string of the molecule is CCOC.CCOC. The molecule has 0 aromatic rings. The molecule has 52 valence electrons. The molecule has 0 aromatic carbocycles. The van der Waals surface area contributed by atoms with Gasteiger partial charge in [-0.2, -0.15) is 0 Å². The summed E-state index contributed by atoms with van der Waals surface area (Å²) in [6, 6.07) is 0. The Kier molecular flexibility index (Phi) is 21.3. The third-order valence-electron chi connectivity index (χ3n) is 0.577. The third-order valence-corrected chi connectivity index (χ3v) is 0.577. The van der Waals surface area contributed by atoms with Crippen molar-refractivity contribution >= 4 is 0 Å². The van der Waals surface area contributed by atoms with Gasteiger partial charge in [-0.15, -0.1) is 0 Å². The Morgan fingerprint density at radius 2 is 1.00 bits per heavy atom. The summed E-state index contributed by atoms with van der Waals surface area (Å²) in [7, 11) is 3.36. The van der Waals surface area contributed by atoms with Gasteiger partial charge in [-0.3, -0.25) is 0 Å². The molecule has 2 heteroatoms. The highest BCUT2D eigenvalue weighted by Gasteiger charge is 1.51. The maximum absolute atomic E-state index is 4.54. The van der Waals surface area contributed by atoms with Crippen LogP contribution in [0.1, 0.15) is 13.8 Å². The molecule has 0 aliphatic rings. The fraction of sp³-hybridized carbons (Fsp3) is 1.00. The van der Waals surface area contributed by atoms with E-state index in [4.69, 9.17) is 0 Å². The first-order chi connectivity index (χ1) is 3.83. The monoisotopic (exact) mass is 120 g/mol. The number of methoxy groups -OCH3 is 2. The van der Waals surface area contributed by atoms with E-state index in [0.717, 1.165) is 13.2 Å². The number of rotatable bonds is 2. The second-order valence-corrected chi connectivity index (χ2v) is 1.15. The smallest absolute Gasteiger partial charge is 0.0433 e. The molecule has 0 aliphatic heterocycles. The first kappa shape index (κ1) is 10.8. The molecule has 8 heavy (non-hydrogen) atoms. The van der Waals surface area contributed by atoms with Gasteiger partial charge in [0.15, 0.2) is 0 Å². The van der Waals surface area contributed by atoms with Crippen LogP contribution in [0.25, 0.3) is 0 Å². The van der Waals surface area contributed by atoms with Crippen LogP contribution in [0.4, 0.5) is 0 Å². The number of hydrogen-bond donors (Lipinski definition) is 0. The van der Waals surface area contributed by atoms with Crippen molar-refractivity contribution < 1.29 is 9.47 Å². The Balaban J connectivity index is 0. The third kappa shape index (κ3) is 38.9.